The number of methoxy groups -OCH3 is 1. The van der Waals surface area contributed by atoms with Crippen LogP contribution in [-0.2, 0) is 6.54 Å². The van der Waals surface area contributed by atoms with Gasteiger partial charge in [0.05, 0.1) is 18.5 Å². The van der Waals surface area contributed by atoms with Crippen LogP contribution in [0.25, 0.3) is 22.6 Å². The van der Waals surface area contributed by atoms with Crippen molar-refractivity contribution >= 4 is 11.4 Å². The summed E-state index contributed by atoms with van der Waals surface area (Å²) in [6.07, 6.45) is 5.47. The molecule has 3 aromatic rings. The fraction of sp³-hybridized carbons (Fsp3) is 0.273. The topological polar surface area (TPSA) is 85.7 Å². The first-order chi connectivity index (χ1) is 13.5. The number of allylic oxidation sites excluding steroid dienone is 3. The van der Waals surface area contributed by atoms with E-state index in [1.165, 1.54) is 5.57 Å². The molecular weight excluding hydrogens is 352 g/mol. The first kappa shape index (κ1) is 18.3. The molecule has 0 saturated carbocycles. The number of aliphatic hydroxyl groups is 1. The van der Waals surface area contributed by atoms with Crippen LogP contribution in [0.1, 0.15) is 36.7 Å². The Kier molecular flexibility index (Phi) is 4.65. The minimum absolute atomic E-state index is 0.296. The third-order valence-electron chi connectivity index (χ3n) is 5.26. The first-order valence-corrected chi connectivity index (χ1v) is 9.34. The van der Waals surface area contributed by atoms with Crippen LogP contribution in [0.4, 0.5) is 0 Å². The Balaban J connectivity index is 1.95. The summed E-state index contributed by atoms with van der Waals surface area (Å²) >= 11 is 0. The van der Waals surface area contributed by atoms with Gasteiger partial charge < -0.3 is 15.6 Å². The standard InChI is InChI=1S/C22H24N4O2/c1-13-4-9-17(20(27)10-13)21-18(11-23)14(2)24-22-25-19(12-26(21)22)15-5-7-16(28-3)8-6-15/h5-8,10,12,27H,4,9,11,23H2,1-3H3. The maximum absolute atomic E-state index is 10.6. The largest absolute Gasteiger partial charge is 0.508 e. The van der Waals surface area contributed by atoms with Gasteiger partial charge in [0.1, 0.15) is 11.5 Å². The van der Waals surface area contributed by atoms with Gasteiger partial charge in [-0.3, -0.25) is 4.40 Å². The molecule has 1 aromatic carbocycles. The molecular formula is C22H24N4O2. The number of aliphatic hydroxyl groups excluding tert-OH is 1. The molecule has 2 heterocycles. The highest BCUT2D eigenvalue weighted by molar-refractivity contribution is 5.74. The van der Waals surface area contributed by atoms with Crippen molar-refractivity contribution in [3.63, 3.8) is 0 Å². The Morgan fingerprint density at radius 3 is 2.54 bits per heavy atom. The molecule has 0 bridgehead atoms. The zero-order valence-corrected chi connectivity index (χ0v) is 16.4. The Morgan fingerprint density at radius 2 is 1.89 bits per heavy atom. The van der Waals surface area contributed by atoms with Gasteiger partial charge in [0.15, 0.2) is 0 Å². The number of nitrogens with zero attached hydrogens (tertiary/aromatic N) is 3. The summed E-state index contributed by atoms with van der Waals surface area (Å²) in [4.78, 5) is 9.37. The summed E-state index contributed by atoms with van der Waals surface area (Å²) < 4.78 is 7.19. The Labute approximate surface area is 164 Å². The quantitative estimate of drug-likeness (QED) is 0.713. The van der Waals surface area contributed by atoms with Crippen LogP contribution < -0.4 is 10.5 Å². The molecule has 1 aliphatic rings. The van der Waals surface area contributed by atoms with Crippen molar-refractivity contribution in [2.24, 2.45) is 5.73 Å². The molecule has 3 N–H and O–H groups in total. The molecule has 6 nitrogen and oxygen atoms in total. The van der Waals surface area contributed by atoms with Gasteiger partial charge in [0.2, 0.25) is 5.78 Å². The minimum atomic E-state index is 0.296. The number of hydrogen-bond donors (Lipinski definition) is 2. The first-order valence-electron chi connectivity index (χ1n) is 9.34. The number of imidazole rings is 1. The molecule has 0 spiro atoms. The normalized spacial score (nSPS) is 14.5. The van der Waals surface area contributed by atoms with Crippen molar-refractivity contribution in [1.29, 1.82) is 0 Å². The smallest absolute Gasteiger partial charge is 0.235 e. The summed E-state index contributed by atoms with van der Waals surface area (Å²) in [5.41, 5.74) is 12.6. The van der Waals surface area contributed by atoms with Crippen molar-refractivity contribution in [2.75, 3.05) is 7.11 Å². The SMILES string of the molecule is COc1ccc(-c2cn3c(C4=C(O)C=C(C)CC4)c(CN)c(C)nc3n2)cc1. The molecule has 144 valence electrons. The third kappa shape index (κ3) is 3.05. The van der Waals surface area contributed by atoms with E-state index in [9.17, 15) is 5.11 Å². The van der Waals surface area contributed by atoms with Crippen LogP contribution in [0.3, 0.4) is 0 Å². The van der Waals surface area contributed by atoms with Gasteiger partial charge in [-0.25, -0.2) is 9.97 Å². The number of hydrogen-bond acceptors (Lipinski definition) is 5. The number of nitrogens with two attached hydrogens (primary N) is 1. The number of benzene rings is 1. The van der Waals surface area contributed by atoms with E-state index in [4.69, 9.17) is 15.5 Å². The van der Waals surface area contributed by atoms with Crippen molar-refractivity contribution in [2.45, 2.75) is 33.2 Å². The average molecular weight is 376 g/mol. The summed E-state index contributed by atoms with van der Waals surface area (Å²) in [5.74, 6) is 1.69. The number of aromatic nitrogens is 3. The second-order valence-electron chi connectivity index (χ2n) is 7.11. The van der Waals surface area contributed by atoms with Gasteiger partial charge in [0.25, 0.3) is 0 Å². The van der Waals surface area contributed by atoms with E-state index in [-0.39, 0.29) is 0 Å². The zero-order chi connectivity index (χ0) is 19.8. The number of ether oxygens (including phenoxy) is 1. The van der Waals surface area contributed by atoms with Crippen LogP contribution in [0.5, 0.6) is 5.75 Å². The van der Waals surface area contributed by atoms with E-state index < -0.39 is 0 Å². The van der Waals surface area contributed by atoms with Crippen LogP contribution in [0.2, 0.25) is 0 Å². The van der Waals surface area contributed by atoms with Gasteiger partial charge >= 0.3 is 0 Å². The van der Waals surface area contributed by atoms with E-state index in [0.29, 0.717) is 18.1 Å². The molecule has 2 aromatic heterocycles. The van der Waals surface area contributed by atoms with Crippen LogP contribution in [0.15, 0.2) is 47.9 Å². The summed E-state index contributed by atoms with van der Waals surface area (Å²) in [6.45, 7) is 4.32. The lowest BCUT2D eigenvalue weighted by atomic mass is 9.92. The van der Waals surface area contributed by atoms with Gasteiger partial charge in [0, 0.05) is 35.1 Å². The van der Waals surface area contributed by atoms with Crippen LogP contribution >= 0.6 is 0 Å². The molecule has 6 heteroatoms. The second-order valence-corrected chi connectivity index (χ2v) is 7.11. The molecule has 0 aliphatic heterocycles. The Bertz CT molecular complexity index is 1110. The van der Waals surface area contributed by atoms with Gasteiger partial charge in [-0.2, -0.15) is 0 Å². The van der Waals surface area contributed by atoms with E-state index in [2.05, 4.69) is 4.98 Å². The van der Waals surface area contributed by atoms with E-state index in [1.807, 2.05) is 54.8 Å². The molecule has 0 fully saturated rings. The van der Waals surface area contributed by atoms with Gasteiger partial charge in [-0.15, -0.1) is 0 Å². The highest BCUT2D eigenvalue weighted by Crippen LogP contribution is 2.34. The highest BCUT2D eigenvalue weighted by atomic mass is 16.5. The molecule has 0 radical (unpaired) electrons. The van der Waals surface area contributed by atoms with Gasteiger partial charge in [-0.1, -0.05) is 5.57 Å². The molecule has 28 heavy (non-hydrogen) atoms. The van der Waals surface area contributed by atoms with Crippen molar-refractivity contribution < 1.29 is 9.84 Å². The molecule has 4 rings (SSSR count). The third-order valence-corrected chi connectivity index (χ3v) is 5.26. The minimum Gasteiger partial charge on any atom is -0.508 e. The van der Waals surface area contributed by atoms with Crippen LogP contribution in [0, 0.1) is 6.92 Å². The molecule has 1 aliphatic carbocycles. The monoisotopic (exact) mass is 376 g/mol. The fourth-order valence-electron chi connectivity index (χ4n) is 3.70. The number of fused-ring (bicyclic) bond motifs is 1. The molecule has 0 atom stereocenters. The number of aryl methyl sites for hydroxylation is 1. The second kappa shape index (κ2) is 7.13. The lowest BCUT2D eigenvalue weighted by Crippen LogP contribution is -2.13. The Morgan fingerprint density at radius 1 is 1.14 bits per heavy atom. The number of rotatable bonds is 4. The van der Waals surface area contributed by atoms with E-state index in [1.54, 1.807) is 7.11 Å². The fourth-order valence-corrected chi connectivity index (χ4v) is 3.70. The van der Waals surface area contributed by atoms with Crippen molar-refractivity contribution in [1.82, 2.24) is 14.4 Å². The maximum atomic E-state index is 10.6. The molecule has 0 amide bonds. The predicted molar refractivity (Wildman–Crippen MR) is 110 cm³/mol. The van der Waals surface area contributed by atoms with Crippen LogP contribution in [-0.4, -0.2) is 26.6 Å². The molecule has 0 saturated heterocycles. The van der Waals surface area contributed by atoms with Crippen molar-refractivity contribution in [3.05, 3.63) is 64.8 Å². The zero-order valence-electron chi connectivity index (χ0n) is 16.4. The maximum Gasteiger partial charge on any atom is 0.235 e. The highest BCUT2D eigenvalue weighted by Gasteiger charge is 2.22. The average Bonchev–Trinajstić information content (AvgIpc) is 3.11. The molecule has 0 unspecified atom stereocenters. The van der Waals surface area contributed by atoms with E-state index >= 15 is 0 Å². The predicted octanol–water partition coefficient (Wildman–Crippen LogP) is 4.18. The lowest BCUT2D eigenvalue weighted by Gasteiger charge is -2.20. The summed E-state index contributed by atoms with van der Waals surface area (Å²) in [5, 5.41) is 10.6. The summed E-state index contributed by atoms with van der Waals surface area (Å²) in [6, 6.07) is 7.77. The van der Waals surface area contributed by atoms with Crippen molar-refractivity contribution in [3.8, 4) is 17.0 Å². The summed E-state index contributed by atoms with van der Waals surface area (Å²) in [7, 11) is 1.65. The lowest BCUT2D eigenvalue weighted by molar-refractivity contribution is 0.415. The van der Waals surface area contributed by atoms with Gasteiger partial charge in [-0.05, 0) is 57.0 Å². The van der Waals surface area contributed by atoms with E-state index in [0.717, 1.165) is 52.4 Å². The Hall–Kier alpha value is -3.12.